The molecule has 0 spiro atoms. The fourth-order valence-corrected chi connectivity index (χ4v) is 2.62. The molecule has 5 heteroatoms. The Morgan fingerprint density at radius 3 is 2.84 bits per heavy atom. The van der Waals surface area contributed by atoms with Crippen LogP contribution in [0.4, 0.5) is 0 Å². The Morgan fingerprint density at radius 1 is 1.42 bits per heavy atom. The van der Waals surface area contributed by atoms with Gasteiger partial charge in [-0.2, -0.15) is 0 Å². The second-order valence-corrected chi connectivity index (χ2v) is 5.32. The molecule has 1 aromatic rings. The van der Waals surface area contributed by atoms with E-state index in [2.05, 4.69) is 22.5 Å². The first kappa shape index (κ1) is 14.3. The minimum Gasteiger partial charge on any atom is -0.468 e. The van der Waals surface area contributed by atoms with Crippen LogP contribution in [0, 0.1) is 0 Å². The summed E-state index contributed by atoms with van der Waals surface area (Å²) in [6.07, 6.45) is 5.37. The van der Waals surface area contributed by atoms with Crippen LogP contribution in [0.15, 0.2) is 22.8 Å². The predicted molar refractivity (Wildman–Crippen MR) is 81.2 cm³/mol. The van der Waals surface area contributed by atoms with E-state index in [4.69, 9.17) is 16.6 Å². The summed E-state index contributed by atoms with van der Waals surface area (Å²) >= 11 is 5.27. The zero-order valence-electron chi connectivity index (χ0n) is 11.5. The molecule has 4 nitrogen and oxygen atoms in total. The van der Waals surface area contributed by atoms with E-state index < -0.39 is 0 Å². The molecule has 1 saturated heterocycles. The molecular formula is C14H23N3OS. The van der Waals surface area contributed by atoms with Crippen LogP contribution in [-0.4, -0.2) is 36.2 Å². The Hall–Kier alpha value is -1.07. The van der Waals surface area contributed by atoms with E-state index in [1.54, 1.807) is 6.26 Å². The van der Waals surface area contributed by atoms with Gasteiger partial charge in [0.2, 0.25) is 0 Å². The van der Waals surface area contributed by atoms with Crippen LogP contribution in [0.3, 0.4) is 0 Å². The van der Waals surface area contributed by atoms with Crippen molar-refractivity contribution in [2.75, 3.05) is 26.2 Å². The molecule has 1 aliphatic rings. The number of nitrogens with zero attached hydrogens (tertiary/aromatic N) is 1. The normalized spacial score (nSPS) is 17.3. The lowest BCUT2D eigenvalue weighted by atomic mass is 10.2. The summed E-state index contributed by atoms with van der Waals surface area (Å²) < 4.78 is 5.58. The first-order valence-electron chi connectivity index (χ1n) is 7.10. The molecule has 0 aromatic carbocycles. The van der Waals surface area contributed by atoms with Gasteiger partial charge >= 0.3 is 0 Å². The highest BCUT2D eigenvalue weighted by atomic mass is 32.1. The quantitative estimate of drug-likeness (QED) is 0.783. The molecule has 1 aliphatic heterocycles. The van der Waals surface area contributed by atoms with Gasteiger partial charge in [0.1, 0.15) is 5.76 Å². The van der Waals surface area contributed by atoms with Crippen molar-refractivity contribution in [3.05, 3.63) is 24.2 Å². The van der Waals surface area contributed by atoms with Gasteiger partial charge < -0.3 is 15.1 Å². The average molecular weight is 281 g/mol. The number of furan rings is 1. The summed E-state index contributed by atoms with van der Waals surface area (Å²) in [6, 6.07) is 4.28. The number of likely N-dealkylation sites (tertiary alicyclic amines) is 1. The maximum Gasteiger partial charge on any atom is 0.166 e. The Labute approximate surface area is 120 Å². The second-order valence-electron chi connectivity index (χ2n) is 4.91. The maximum absolute atomic E-state index is 5.58. The van der Waals surface area contributed by atoms with Crippen molar-refractivity contribution < 1.29 is 4.42 Å². The molecule has 0 aliphatic carbocycles. The van der Waals surface area contributed by atoms with Crippen LogP contribution in [0.25, 0.3) is 0 Å². The summed E-state index contributed by atoms with van der Waals surface area (Å²) in [4.78, 5) is 2.47. The van der Waals surface area contributed by atoms with E-state index in [0.717, 1.165) is 43.5 Å². The number of hydrogen-bond acceptors (Lipinski definition) is 3. The largest absolute Gasteiger partial charge is 0.468 e. The van der Waals surface area contributed by atoms with Crippen molar-refractivity contribution >= 4 is 17.3 Å². The van der Waals surface area contributed by atoms with Gasteiger partial charge in [-0.05, 0) is 56.7 Å². The molecule has 1 unspecified atom stereocenters. The van der Waals surface area contributed by atoms with E-state index in [9.17, 15) is 0 Å². The molecule has 19 heavy (non-hydrogen) atoms. The molecule has 106 valence electrons. The van der Waals surface area contributed by atoms with E-state index in [0.29, 0.717) is 0 Å². The van der Waals surface area contributed by atoms with Crippen LogP contribution in [0.2, 0.25) is 0 Å². The highest BCUT2D eigenvalue weighted by Gasteiger charge is 2.25. The van der Waals surface area contributed by atoms with Crippen LogP contribution >= 0.6 is 12.2 Å². The molecule has 2 heterocycles. The van der Waals surface area contributed by atoms with Gasteiger partial charge in [0.25, 0.3) is 0 Å². The molecule has 0 amide bonds. The second kappa shape index (κ2) is 7.50. The topological polar surface area (TPSA) is 40.4 Å². The third kappa shape index (κ3) is 4.21. The summed E-state index contributed by atoms with van der Waals surface area (Å²) in [5, 5.41) is 7.23. The molecule has 0 radical (unpaired) electrons. The Kier molecular flexibility index (Phi) is 5.66. The number of hydrogen-bond donors (Lipinski definition) is 2. The first-order valence-corrected chi connectivity index (χ1v) is 7.51. The van der Waals surface area contributed by atoms with E-state index >= 15 is 0 Å². The van der Waals surface area contributed by atoms with E-state index in [-0.39, 0.29) is 6.04 Å². The Balaban J connectivity index is 1.89. The van der Waals surface area contributed by atoms with Crippen molar-refractivity contribution in [3.63, 3.8) is 0 Å². The lowest BCUT2D eigenvalue weighted by Gasteiger charge is -2.26. The standard InChI is InChI=1S/C14H23N3OS/c1-2-7-15-14(19)16-11-12(13-6-5-10-18-13)17-8-3-4-9-17/h5-6,10,12H,2-4,7-9,11H2,1H3,(H2,15,16,19). The lowest BCUT2D eigenvalue weighted by molar-refractivity contribution is 0.215. The SMILES string of the molecule is CCCNC(=S)NCC(c1ccco1)N1CCCC1. The molecule has 1 aromatic heterocycles. The van der Waals surface area contributed by atoms with Crippen molar-refractivity contribution in [3.8, 4) is 0 Å². The molecule has 0 bridgehead atoms. The smallest absolute Gasteiger partial charge is 0.166 e. The fraction of sp³-hybridized carbons (Fsp3) is 0.643. The number of rotatable bonds is 6. The van der Waals surface area contributed by atoms with E-state index in [1.807, 2.05) is 12.1 Å². The highest BCUT2D eigenvalue weighted by Crippen LogP contribution is 2.24. The third-order valence-corrected chi connectivity index (χ3v) is 3.73. The minimum atomic E-state index is 0.277. The lowest BCUT2D eigenvalue weighted by Crippen LogP contribution is -2.41. The summed E-state index contributed by atoms with van der Waals surface area (Å²) in [7, 11) is 0. The van der Waals surface area contributed by atoms with Crippen molar-refractivity contribution in [1.82, 2.24) is 15.5 Å². The van der Waals surface area contributed by atoms with Crippen LogP contribution in [-0.2, 0) is 0 Å². The molecule has 1 fully saturated rings. The zero-order valence-corrected chi connectivity index (χ0v) is 12.3. The molecule has 2 rings (SSSR count). The van der Waals surface area contributed by atoms with Crippen LogP contribution in [0.1, 0.15) is 38.0 Å². The number of nitrogens with one attached hydrogen (secondary N) is 2. The van der Waals surface area contributed by atoms with Gasteiger partial charge in [0.05, 0.1) is 12.3 Å². The summed E-state index contributed by atoms with van der Waals surface area (Å²) in [6.45, 7) is 6.12. The molecule has 1 atom stereocenters. The fourth-order valence-electron chi connectivity index (χ4n) is 2.43. The van der Waals surface area contributed by atoms with Gasteiger partial charge in [-0.3, -0.25) is 4.90 Å². The maximum atomic E-state index is 5.58. The molecule has 2 N–H and O–H groups in total. The molecule has 0 saturated carbocycles. The van der Waals surface area contributed by atoms with Crippen molar-refractivity contribution in [2.24, 2.45) is 0 Å². The summed E-state index contributed by atoms with van der Waals surface area (Å²) in [5.41, 5.74) is 0. The monoisotopic (exact) mass is 281 g/mol. The highest BCUT2D eigenvalue weighted by molar-refractivity contribution is 7.80. The third-order valence-electron chi connectivity index (χ3n) is 3.44. The van der Waals surface area contributed by atoms with Gasteiger partial charge in [-0.1, -0.05) is 6.92 Å². The van der Waals surface area contributed by atoms with Crippen LogP contribution < -0.4 is 10.6 Å². The van der Waals surface area contributed by atoms with Gasteiger partial charge in [-0.25, -0.2) is 0 Å². The minimum absolute atomic E-state index is 0.277. The van der Waals surface area contributed by atoms with Crippen molar-refractivity contribution in [2.45, 2.75) is 32.2 Å². The van der Waals surface area contributed by atoms with Crippen molar-refractivity contribution in [1.29, 1.82) is 0 Å². The first-order chi connectivity index (χ1) is 9.31. The predicted octanol–water partition coefficient (Wildman–Crippen LogP) is 2.29. The number of thiocarbonyl (C=S) groups is 1. The summed E-state index contributed by atoms with van der Waals surface area (Å²) in [5.74, 6) is 1.02. The molecular weight excluding hydrogens is 258 g/mol. The Morgan fingerprint density at radius 2 is 2.21 bits per heavy atom. The van der Waals surface area contributed by atoms with Gasteiger partial charge in [-0.15, -0.1) is 0 Å². The van der Waals surface area contributed by atoms with Crippen LogP contribution in [0.5, 0.6) is 0 Å². The zero-order chi connectivity index (χ0) is 13.5. The van der Waals surface area contributed by atoms with Gasteiger partial charge in [0.15, 0.2) is 5.11 Å². The Bertz CT molecular complexity index is 374. The van der Waals surface area contributed by atoms with E-state index in [1.165, 1.54) is 12.8 Å². The van der Waals surface area contributed by atoms with Gasteiger partial charge in [0, 0.05) is 13.1 Å². The average Bonchev–Trinajstić information content (AvgIpc) is 3.09.